The molecule has 0 aliphatic carbocycles. The Balaban J connectivity index is 2.13. The molecule has 0 aliphatic rings. The fraction of sp³-hybridized carbons (Fsp3) is 0.125. The maximum atomic E-state index is 12.3. The molecule has 0 fully saturated rings. The predicted octanol–water partition coefficient (Wildman–Crippen LogP) is 2.18. The zero-order valence-corrected chi connectivity index (χ0v) is 13.5. The number of sulfonamides is 1. The molecule has 0 radical (unpaired) electrons. The maximum absolute atomic E-state index is 12.3. The number of carbonyl (C=O) groups is 1. The van der Waals surface area contributed by atoms with Crippen LogP contribution in [0, 0.1) is 11.3 Å². The van der Waals surface area contributed by atoms with Gasteiger partial charge in [-0.25, -0.2) is 13.2 Å². The summed E-state index contributed by atoms with van der Waals surface area (Å²) in [7, 11) is -2.54. The molecule has 0 atom stereocenters. The van der Waals surface area contributed by atoms with E-state index in [1.165, 1.54) is 43.5 Å². The van der Waals surface area contributed by atoms with Gasteiger partial charge in [-0.3, -0.25) is 4.72 Å². The van der Waals surface area contributed by atoms with Crippen LogP contribution in [0.3, 0.4) is 0 Å². The molecule has 2 aromatic carbocycles. The number of anilines is 1. The van der Waals surface area contributed by atoms with Crippen LogP contribution in [0.5, 0.6) is 5.75 Å². The van der Waals surface area contributed by atoms with Gasteiger partial charge in [0, 0.05) is 5.69 Å². The average Bonchev–Trinajstić information content (AvgIpc) is 2.60. The van der Waals surface area contributed by atoms with Gasteiger partial charge in [0.2, 0.25) is 0 Å². The summed E-state index contributed by atoms with van der Waals surface area (Å²) in [6.07, 6.45) is 0. The lowest BCUT2D eigenvalue weighted by Crippen LogP contribution is -2.13. The Morgan fingerprint density at radius 3 is 2.29 bits per heavy atom. The van der Waals surface area contributed by atoms with E-state index in [0.29, 0.717) is 11.4 Å². The first-order valence-electron chi connectivity index (χ1n) is 6.77. The van der Waals surface area contributed by atoms with Gasteiger partial charge in [0.05, 0.1) is 17.6 Å². The highest BCUT2D eigenvalue weighted by molar-refractivity contribution is 7.92. The van der Waals surface area contributed by atoms with Crippen LogP contribution in [-0.4, -0.2) is 28.1 Å². The summed E-state index contributed by atoms with van der Waals surface area (Å²) < 4.78 is 36.7. The first-order chi connectivity index (χ1) is 11.5. The second-order valence-corrected chi connectivity index (χ2v) is 6.28. The van der Waals surface area contributed by atoms with Gasteiger partial charge in [0.25, 0.3) is 10.0 Å². The summed E-state index contributed by atoms with van der Waals surface area (Å²) in [4.78, 5) is 11.4. The standard InChI is InChI=1S/C16H14N2O5S/c1-22-16(19)12-2-8-15(9-3-12)24(20,21)18-13-4-6-14(7-5-13)23-11-10-17/h2-9,18H,11H2,1H3. The van der Waals surface area contributed by atoms with Crippen molar-refractivity contribution in [1.82, 2.24) is 0 Å². The number of methoxy groups -OCH3 is 1. The highest BCUT2D eigenvalue weighted by Crippen LogP contribution is 2.20. The summed E-state index contributed by atoms with van der Waals surface area (Å²) in [5, 5.41) is 8.44. The highest BCUT2D eigenvalue weighted by Gasteiger charge is 2.15. The molecule has 1 N–H and O–H groups in total. The third kappa shape index (κ3) is 4.24. The number of rotatable bonds is 6. The number of esters is 1. The van der Waals surface area contributed by atoms with Gasteiger partial charge >= 0.3 is 5.97 Å². The number of ether oxygens (including phenoxy) is 2. The number of nitriles is 1. The Hall–Kier alpha value is -3.05. The number of hydrogen-bond donors (Lipinski definition) is 1. The lowest BCUT2D eigenvalue weighted by molar-refractivity contribution is 0.0600. The summed E-state index contributed by atoms with van der Waals surface area (Å²) in [6.45, 7) is -0.0857. The topological polar surface area (TPSA) is 105 Å². The molecular weight excluding hydrogens is 332 g/mol. The van der Waals surface area contributed by atoms with E-state index < -0.39 is 16.0 Å². The van der Waals surface area contributed by atoms with Gasteiger partial charge in [0.1, 0.15) is 11.8 Å². The Kier molecular flexibility index (Phi) is 5.39. The molecule has 0 heterocycles. The van der Waals surface area contributed by atoms with Crippen LogP contribution in [0.1, 0.15) is 10.4 Å². The zero-order valence-electron chi connectivity index (χ0n) is 12.7. The minimum absolute atomic E-state index is 0.0139. The summed E-state index contributed by atoms with van der Waals surface area (Å²) in [6, 6.07) is 13.4. The van der Waals surface area contributed by atoms with Gasteiger partial charge in [-0.1, -0.05) is 0 Å². The molecule has 7 nitrogen and oxygen atoms in total. The van der Waals surface area contributed by atoms with Crippen LogP contribution in [0.4, 0.5) is 5.69 Å². The maximum Gasteiger partial charge on any atom is 0.337 e. The second-order valence-electron chi connectivity index (χ2n) is 4.59. The normalized spacial score (nSPS) is 10.5. The molecule has 0 saturated carbocycles. The molecule has 124 valence electrons. The third-order valence-corrected chi connectivity index (χ3v) is 4.39. The molecule has 0 unspecified atom stereocenters. The first-order valence-corrected chi connectivity index (χ1v) is 8.25. The van der Waals surface area contributed by atoms with E-state index in [0.717, 1.165) is 0 Å². The van der Waals surface area contributed by atoms with Crippen molar-refractivity contribution in [3.05, 3.63) is 54.1 Å². The monoisotopic (exact) mass is 346 g/mol. The minimum Gasteiger partial charge on any atom is -0.479 e. The van der Waals surface area contributed by atoms with Gasteiger partial charge in [0.15, 0.2) is 6.61 Å². The Labute approximate surface area is 139 Å². The van der Waals surface area contributed by atoms with Crippen molar-refractivity contribution in [3.63, 3.8) is 0 Å². The average molecular weight is 346 g/mol. The number of nitrogens with zero attached hydrogens (tertiary/aromatic N) is 1. The fourth-order valence-corrected chi connectivity index (χ4v) is 2.90. The Morgan fingerprint density at radius 1 is 1.12 bits per heavy atom. The molecule has 0 bridgehead atoms. The Bertz CT molecular complexity index is 853. The Morgan fingerprint density at radius 2 is 1.75 bits per heavy atom. The zero-order chi connectivity index (χ0) is 17.6. The molecule has 2 rings (SSSR count). The van der Waals surface area contributed by atoms with Gasteiger partial charge in [-0.15, -0.1) is 0 Å². The molecule has 0 aromatic heterocycles. The van der Waals surface area contributed by atoms with Crippen LogP contribution < -0.4 is 9.46 Å². The van der Waals surface area contributed by atoms with Crippen LogP contribution in [0.25, 0.3) is 0 Å². The van der Waals surface area contributed by atoms with E-state index in [-0.39, 0.29) is 17.1 Å². The second kappa shape index (κ2) is 7.48. The van der Waals surface area contributed by atoms with E-state index >= 15 is 0 Å². The van der Waals surface area contributed by atoms with Crippen LogP contribution >= 0.6 is 0 Å². The molecular formula is C16H14N2O5S. The van der Waals surface area contributed by atoms with Crippen molar-refractivity contribution in [2.45, 2.75) is 4.90 Å². The van der Waals surface area contributed by atoms with Crippen molar-refractivity contribution in [3.8, 4) is 11.8 Å². The first kappa shape index (κ1) is 17.3. The highest BCUT2D eigenvalue weighted by atomic mass is 32.2. The van der Waals surface area contributed by atoms with Crippen molar-refractivity contribution in [1.29, 1.82) is 5.26 Å². The van der Waals surface area contributed by atoms with Gasteiger partial charge in [-0.05, 0) is 48.5 Å². The van der Waals surface area contributed by atoms with Crippen LogP contribution in [0.15, 0.2) is 53.4 Å². The van der Waals surface area contributed by atoms with E-state index in [9.17, 15) is 13.2 Å². The number of carbonyl (C=O) groups excluding carboxylic acids is 1. The number of hydrogen-bond acceptors (Lipinski definition) is 6. The smallest absolute Gasteiger partial charge is 0.337 e. The van der Waals surface area contributed by atoms with E-state index in [2.05, 4.69) is 9.46 Å². The SMILES string of the molecule is COC(=O)c1ccc(S(=O)(=O)Nc2ccc(OCC#N)cc2)cc1. The van der Waals surface area contributed by atoms with Crippen molar-refractivity contribution >= 4 is 21.7 Å². The van der Waals surface area contributed by atoms with E-state index in [4.69, 9.17) is 10.00 Å². The molecule has 0 spiro atoms. The summed E-state index contributed by atoms with van der Waals surface area (Å²) in [5.74, 6) is -0.0817. The van der Waals surface area contributed by atoms with Crippen molar-refractivity contribution in [2.75, 3.05) is 18.4 Å². The summed E-state index contributed by atoms with van der Waals surface area (Å²) in [5.41, 5.74) is 0.604. The third-order valence-electron chi connectivity index (χ3n) is 3.00. The molecule has 8 heteroatoms. The predicted molar refractivity (Wildman–Crippen MR) is 86.1 cm³/mol. The quantitative estimate of drug-likeness (QED) is 0.804. The fourth-order valence-electron chi connectivity index (χ4n) is 1.84. The molecule has 0 amide bonds. The van der Waals surface area contributed by atoms with Gasteiger partial charge < -0.3 is 9.47 Å². The van der Waals surface area contributed by atoms with Crippen molar-refractivity contribution < 1.29 is 22.7 Å². The lowest BCUT2D eigenvalue weighted by atomic mass is 10.2. The van der Waals surface area contributed by atoms with E-state index in [1.54, 1.807) is 12.1 Å². The summed E-state index contributed by atoms with van der Waals surface area (Å²) >= 11 is 0. The molecule has 0 saturated heterocycles. The van der Waals surface area contributed by atoms with Gasteiger partial charge in [-0.2, -0.15) is 5.26 Å². The minimum atomic E-state index is -3.79. The molecule has 0 aliphatic heterocycles. The van der Waals surface area contributed by atoms with Crippen LogP contribution in [-0.2, 0) is 14.8 Å². The number of benzene rings is 2. The molecule has 24 heavy (non-hydrogen) atoms. The van der Waals surface area contributed by atoms with Crippen molar-refractivity contribution in [2.24, 2.45) is 0 Å². The largest absolute Gasteiger partial charge is 0.479 e. The lowest BCUT2D eigenvalue weighted by Gasteiger charge is -2.09. The molecule has 2 aromatic rings. The number of nitrogens with one attached hydrogen (secondary N) is 1. The van der Waals surface area contributed by atoms with Crippen LogP contribution in [0.2, 0.25) is 0 Å². The van der Waals surface area contributed by atoms with E-state index in [1.807, 2.05) is 6.07 Å².